The number of benzene rings is 1. The SMILES string of the molecule is CCCOc1ccc(S(=O)(=O)NC)cc1CNC(C)C. The van der Waals surface area contributed by atoms with Crippen molar-refractivity contribution in [1.82, 2.24) is 10.0 Å². The molecular formula is C14H24N2O3S. The highest BCUT2D eigenvalue weighted by atomic mass is 32.2. The Hall–Kier alpha value is -1.11. The normalized spacial score (nSPS) is 11.8. The van der Waals surface area contributed by atoms with Crippen LogP contribution in [0.3, 0.4) is 0 Å². The molecule has 0 heterocycles. The standard InChI is InChI=1S/C14H24N2O3S/c1-5-8-19-14-7-6-13(20(17,18)15-4)9-12(14)10-16-11(2)3/h6-7,9,11,15-16H,5,8,10H2,1-4H3. The molecule has 6 heteroatoms. The molecule has 0 aliphatic rings. The van der Waals surface area contributed by atoms with E-state index in [2.05, 4.69) is 10.0 Å². The molecule has 1 rings (SSSR count). The lowest BCUT2D eigenvalue weighted by atomic mass is 10.2. The van der Waals surface area contributed by atoms with Crippen molar-refractivity contribution in [2.75, 3.05) is 13.7 Å². The summed E-state index contributed by atoms with van der Waals surface area (Å²) in [5.74, 6) is 0.732. The van der Waals surface area contributed by atoms with E-state index in [0.717, 1.165) is 17.7 Å². The predicted octanol–water partition coefficient (Wildman–Crippen LogP) is 1.88. The molecule has 0 atom stereocenters. The van der Waals surface area contributed by atoms with Crippen LogP contribution in [0.25, 0.3) is 0 Å². The summed E-state index contributed by atoms with van der Waals surface area (Å²) < 4.78 is 31.7. The van der Waals surface area contributed by atoms with Gasteiger partial charge in [-0.25, -0.2) is 13.1 Å². The minimum Gasteiger partial charge on any atom is -0.493 e. The van der Waals surface area contributed by atoms with Crippen LogP contribution in [0, 0.1) is 0 Å². The Kier molecular flexibility index (Phi) is 6.45. The van der Waals surface area contributed by atoms with E-state index in [-0.39, 0.29) is 4.90 Å². The van der Waals surface area contributed by atoms with Gasteiger partial charge >= 0.3 is 0 Å². The molecule has 114 valence electrons. The van der Waals surface area contributed by atoms with Crippen LogP contribution in [-0.2, 0) is 16.6 Å². The maximum atomic E-state index is 11.8. The summed E-state index contributed by atoms with van der Waals surface area (Å²) in [6, 6.07) is 5.26. The fraction of sp³-hybridized carbons (Fsp3) is 0.571. The van der Waals surface area contributed by atoms with Gasteiger partial charge in [-0.15, -0.1) is 0 Å². The maximum absolute atomic E-state index is 11.8. The molecule has 2 N–H and O–H groups in total. The van der Waals surface area contributed by atoms with Gasteiger partial charge in [0.1, 0.15) is 5.75 Å². The molecule has 0 saturated carbocycles. The summed E-state index contributed by atoms with van der Waals surface area (Å²) in [5, 5.41) is 3.28. The van der Waals surface area contributed by atoms with E-state index in [0.29, 0.717) is 19.2 Å². The fourth-order valence-corrected chi connectivity index (χ4v) is 2.43. The second-order valence-electron chi connectivity index (χ2n) is 4.86. The zero-order valence-corrected chi connectivity index (χ0v) is 13.4. The van der Waals surface area contributed by atoms with E-state index in [1.165, 1.54) is 7.05 Å². The van der Waals surface area contributed by atoms with E-state index in [1.54, 1.807) is 18.2 Å². The molecule has 5 nitrogen and oxygen atoms in total. The molecule has 0 aromatic heterocycles. The number of sulfonamides is 1. The first-order chi connectivity index (χ1) is 9.40. The Morgan fingerprint density at radius 2 is 2.00 bits per heavy atom. The summed E-state index contributed by atoms with van der Waals surface area (Å²) in [4.78, 5) is 0.254. The van der Waals surface area contributed by atoms with E-state index in [4.69, 9.17) is 4.74 Å². The molecule has 20 heavy (non-hydrogen) atoms. The molecular weight excluding hydrogens is 276 g/mol. The third-order valence-electron chi connectivity index (χ3n) is 2.77. The van der Waals surface area contributed by atoms with Gasteiger partial charge in [-0.3, -0.25) is 0 Å². The van der Waals surface area contributed by atoms with Crippen LogP contribution in [-0.4, -0.2) is 28.1 Å². The van der Waals surface area contributed by atoms with Crippen molar-refractivity contribution < 1.29 is 13.2 Å². The Morgan fingerprint density at radius 3 is 2.55 bits per heavy atom. The number of ether oxygens (including phenoxy) is 1. The average molecular weight is 300 g/mol. The van der Waals surface area contributed by atoms with Crippen LogP contribution in [0.5, 0.6) is 5.75 Å². The first-order valence-corrected chi connectivity index (χ1v) is 8.31. The van der Waals surface area contributed by atoms with Crippen LogP contribution in [0.2, 0.25) is 0 Å². The van der Waals surface area contributed by atoms with Crippen LogP contribution < -0.4 is 14.8 Å². The molecule has 0 spiro atoms. The number of hydrogen-bond donors (Lipinski definition) is 2. The van der Waals surface area contributed by atoms with Gasteiger partial charge in [0.25, 0.3) is 0 Å². The summed E-state index contributed by atoms with van der Waals surface area (Å²) in [6.45, 7) is 7.31. The zero-order chi connectivity index (χ0) is 15.2. The highest BCUT2D eigenvalue weighted by Gasteiger charge is 2.14. The highest BCUT2D eigenvalue weighted by molar-refractivity contribution is 7.89. The van der Waals surface area contributed by atoms with Gasteiger partial charge in [-0.1, -0.05) is 20.8 Å². The second kappa shape index (κ2) is 7.61. The third-order valence-corrected chi connectivity index (χ3v) is 4.19. The lowest BCUT2D eigenvalue weighted by Crippen LogP contribution is -2.23. The molecule has 0 saturated heterocycles. The quantitative estimate of drug-likeness (QED) is 0.769. The van der Waals surface area contributed by atoms with E-state index < -0.39 is 10.0 Å². The summed E-state index contributed by atoms with van der Waals surface area (Å²) in [7, 11) is -2.02. The highest BCUT2D eigenvalue weighted by Crippen LogP contribution is 2.23. The Bertz CT molecular complexity index is 527. The Morgan fingerprint density at radius 1 is 1.30 bits per heavy atom. The van der Waals surface area contributed by atoms with Crippen molar-refractivity contribution in [3.05, 3.63) is 23.8 Å². The molecule has 0 fully saturated rings. The van der Waals surface area contributed by atoms with Crippen molar-refractivity contribution in [2.24, 2.45) is 0 Å². The van der Waals surface area contributed by atoms with Gasteiger partial charge in [0.05, 0.1) is 11.5 Å². The van der Waals surface area contributed by atoms with Crippen LogP contribution in [0.15, 0.2) is 23.1 Å². The molecule has 0 aliphatic heterocycles. The average Bonchev–Trinajstić information content (AvgIpc) is 2.43. The van der Waals surface area contributed by atoms with Crippen LogP contribution in [0.1, 0.15) is 32.8 Å². The summed E-state index contributed by atoms with van der Waals surface area (Å²) in [5.41, 5.74) is 0.850. The van der Waals surface area contributed by atoms with Crippen molar-refractivity contribution >= 4 is 10.0 Å². The Balaban J connectivity index is 3.07. The smallest absolute Gasteiger partial charge is 0.240 e. The molecule has 1 aromatic rings. The summed E-state index contributed by atoms with van der Waals surface area (Å²) in [6.07, 6.45) is 0.910. The van der Waals surface area contributed by atoms with E-state index >= 15 is 0 Å². The number of nitrogens with one attached hydrogen (secondary N) is 2. The summed E-state index contributed by atoms with van der Waals surface area (Å²) >= 11 is 0. The number of rotatable bonds is 8. The van der Waals surface area contributed by atoms with Gasteiger partial charge in [0.15, 0.2) is 0 Å². The topological polar surface area (TPSA) is 67.4 Å². The molecule has 0 radical (unpaired) electrons. The monoisotopic (exact) mass is 300 g/mol. The fourth-order valence-electron chi connectivity index (χ4n) is 1.65. The van der Waals surface area contributed by atoms with Gasteiger partial charge in [0, 0.05) is 18.2 Å². The van der Waals surface area contributed by atoms with Gasteiger partial charge in [0.2, 0.25) is 10.0 Å². The van der Waals surface area contributed by atoms with Gasteiger partial charge < -0.3 is 10.1 Å². The van der Waals surface area contributed by atoms with E-state index in [1.807, 2.05) is 20.8 Å². The van der Waals surface area contributed by atoms with Gasteiger partial charge in [-0.05, 0) is 31.7 Å². The van der Waals surface area contributed by atoms with Crippen LogP contribution >= 0.6 is 0 Å². The molecule has 0 aliphatic carbocycles. The van der Waals surface area contributed by atoms with Gasteiger partial charge in [-0.2, -0.15) is 0 Å². The Labute approximate surface area is 121 Å². The van der Waals surface area contributed by atoms with Crippen molar-refractivity contribution in [1.29, 1.82) is 0 Å². The molecule has 0 bridgehead atoms. The third kappa shape index (κ3) is 4.77. The minimum absolute atomic E-state index is 0.254. The number of hydrogen-bond acceptors (Lipinski definition) is 4. The molecule has 0 unspecified atom stereocenters. The molecule has 1 aromatic carbocycles. The lowest BCUT2D eigenvalue weighted by Gasteiger charge is -2.15. The minimum atomic E-state index is -3.43. The zero-order valence-electron chi connectivity index (χ0n) is 12.6. The van der Waals surface area contributed by atoms with Crippen molar-refractivity contribution in [3.8, 4) is 5.75 Å². The van der Waals surface area contributed by atoms with E-state index in [9.17, 15) is 8.42 Å². The largest absolute Gasteiger partial charge is 0.493 e. The first-order valence-electron chi connectivity index (χ1n) is 6.83. The molecule has 0 amide bonds. The lowest BCUT2D eigenvalue weighted by molar-refractivity contribution is 0.312. The second-order valence-corrected chi connectivity index (χ2v) is 6.75. The maximum Gasteiger partial charge on any atom is 0.240 e. The van der Waals surface area contributed by atoms with Crippen molar-refractivity contribution in [2.45, 2.75) is 44.7 Å². The predicted molar refractivity (Wildman–Crippen MR) is 80.4 cm³/mol. The van der Waals surface area contributed by atoms with Crippen LogP contribution in [0.4, 0.5) is 0 Å². The first kappa shape index (κ1) is 16.9. The van der Waals surface area contributed by atoms with Crippen molar-refractivity contribution in [3.63, 3.8) is 0 Å².